The zero-order valence-corrected chi connectivity index (χ0v) is 22.4. The van der Waals surface area contributed by atoms with Crippen molar-refractivity contribution in [2.75, 3.05) is 14.2 Å². The summed E-state index contributed by atoms with van der Waals surface area (Å²) in [7, 11) is 2.86. The van der Waals surface area contributed by atoms with Gasteiger partial charge in [0.15, 0.2) is 23.0 Å². The van der Waals surface area contributed by atoms with Gasteiger partial charge < -0.3 is 19.7 Å². The van der Waals surface area contributed by atoms with E-state index in [2.05, 4.69) is 31.0 Å². The molecule has 5 rings (SSSR count). The van der Waals surface area contributed by atoms with E-state index in [1.54, 1.807) is 60.7 Å². The van der Waals surface area contributed by atoms with E-state index < -0.39 is 11.8 Å². The van der Waals surface area contributed by atoms with Crippen LogP contribution in [0.1, 0.15) is 32.1 Å². The Hall–Kier alpha value is -6.04. The number of nitrogens with zero attached hydrogens (tertiary/aromatic N) is 4. The van der Waals surface area contributed by atoms with Gasteiger partial charge >= 0.3 is 0 Å². The summed E-state index contributed by atoms with van der Waals surface area (Å²) < 4.78 is 10.1. The molecule has 2 aromatic heterocycles. The van der Waals surface area contributed by atoms with Crippen molar-refractivity contribution >= 4 is 46.0 Å². The number of pyridine rings is 2. The third-order valence-electron chi connectivity index (χ3n) is 6.22. The smallest absolute Gasteiger partial charge is 0.289 e. The SMILES string of the molecule is COc1cccc(/C=N/NC(=O)c2ccc3ccc4ccc(C(=O)N/N=C/c5cccc(OC)c5O)nc4c3n2)c1O. The number of carbonyl (C=O) groups is 2. The van der Waals surface area contributed by atoms with E-state index in [9.17, 15) is 19.8 Å². The number of hydrogen-bond acceptors (Lipinski definition) is 10. The summed E-state index contributed by atoms with van der Waals surface area (Å²) in [6.07, 6.45) is 2.58. The molecule has 2 amide bonds. The highest BCUT2D eigenvalue weighted by Gasteiger charge is 2.14. The quantitative estimate of drug-likeness (QED) is 0.126. The number of carbonyl (C=O) groups excluding carboxylic acids is 2. The van der Waals surface area contributed by atoms with Crippen molar-refractivity contribution in [2.24, 2.45) is 10.2 Å². The number of methoxy groups -OCH3 is 2. The minimum absolute atomic E-state index is 0.0707. The van der Waals surface area contributed by atoms with Crippen LogP contribution in [0.4, 0.5) is 0 Å². The van der Waals surface area contributed by atoms with Crippen LogP contribution in [-0.2, 0) is 0 Å². The molecule has 0 saturated heterocycles. The van der Waals surface area contributed by atoms with Gasteiger partial charge in [-0.1, -0.05) is 36.4 Å². The molecule has 210 valence electrons. The van der Waals surface area contributed by atoms with Crippen LogP contribution in [0.3, 0.4) is 0 Å². The van der Waals surface area contributed by atoms with Gasteiger partial charge in [-0.3, -0.25) is 9.59 Å². The summed E-state index contributed by atoms with van der Waals surface area (Å²) >= 11 is 0. The third-order valence-corrected chi connectivity index (χ3v) is 6.22. The van der Waals surface area contributed by atoms with Gasteiger partial charge in [0.05, 0.1) is 37.7 Å². The second-order valence-corrected chi connectivity index (χ2v) is 8.80. The maximum atomic E-state index is 12.8. The van der Waals surface area contributed by atoms with Crippen molar-refractivity contribution in [3.05, 3.63) is 95.3 Å². The highest BCUT2D eigenvalue weighted by atomic mass is 16.5. The molecule has 0 aliphatic carbocycles. The summed E-state index contributed by atoms with van der Waals surface area (Å²) in [5.41, 5.74) is 6.46. The van der Waals surface area contributed by atoms with Crippen molar-refractivity contribution in [1.82, 2.24) is 20.8 Å². The number of aromatic hydroxyl groups is 2. The molecule has 0 saturated carbocycles. The summed E-state index contributed by atoms with van der Waals surface area (Å²) in [5, 5.41) is 29.6. The molecule has 42 heavy (non-hydrogen) atoms. The first-order valence-electron chi connectivity index (χ1n) is 12.5. The Kier molecular flexibility index (Phi) is 7.87. The highest BCUT2D eigenvalue weighted by molar-refractivity contribution is 6.06. The van der Waals surface area contributed by atoms with E-state index in [4.69, 9.17) is 9.47 Å². The van der Waals surface area contributed by atoms with E-state index in [-0.39, 0.29) is 34.4 Å². The lowest BCUT2D eigenvalue weighted by Gasteiger charge is -2.07. The molecule has 0 aliphatic heterocycles. The lowest BCUT2D eigenvalue weighted by molar-refractivity contribution is 0.0942. The Morgan fingerprint density at radius 2 is 1.07 bits per heavy atom. The summed E-state index contributed by atoms with van der Waals surface area (Å²) in [6.45, 7) is 0. The Bertz CT molecular complexity index is 1750. The summed E-state index contributed by atoms with van der Waals surface area (Å²) in [4.78, 5) is 34.6. The first-order valence-corrected chi connectivity index (χ1v) is 12.5. The number of nitrogens with one attached hydrogen (secondary N) is 2. The van der Waals surface area contributed by atoms with Gasteiger partial charge in [-0.2, -0.15) is 10.2 Å². The number of para-hydroxylation sites is 2. The predicted molar refractivity (Wildman–Crippen MR) is 156 cm³/mol. The predicted octanol–water partition coefficient (Wildman–Crippen LogP) is 3.74. The third kappa shape index (κ3) is 5.63. The standard InChI is InChI=1S/C30H24N6O6/c1-41-23-7-3-5-19(27(23)37)15-31-35-29(39)21-13-11-17-9-10-18-12-14-22(34-26(18)25(17)33-21)30(40)36-32-16-20-6-4-8-24(42-2)28(20)38/h3-16,37-38H,1-2H3,(H,35,39)(H,36,40)/b31-15+,32-16+. The van der Waals surface area contributed by atoms with Crippen molar-refractivity contribution in [1.29, 1.82) is 0 Å². The lowest BCUT2D eigenvalue weighted by Crippen LogP contribution is -2.19. The fourth-order valence-electron chi connectivity index (χ4n) is 4.07. The van der Waals surface area contributed by atoms with Crippen LogP contribution in [-0.4, -0.2) is 58.6 Å². The maximum Gasteiger partial charge on any atom is 0.289 e. The maximum absolute atomic E-state index is 12.8. The monoisotopic (exact) mass is 564 g/mol. The number of phenolic OH excluding ortho intramolecular Hbond substituents is 2. The van der Waals surface area contributed by atoms with E-state index >= 15 is 0 Å². The van der Waals surface area contributed by atoms with Crippen LogP contribution in [0.15, 0.2) is 83.0 Å². The molecule has 0 spiro atoms. The van der Waals surface area contributed by atoms with Gasteiger partial charge in [0.2, 0.25) is 0 Å². The first kappa shape index (κ1) is 27.5. The molecule has 3 aromatic carbocycles. The van der Waals surface area contributed by atoms with E-state index in [1.165, 1.54) is 26.6 Å². The zero-order valence-electron chi connectivity index (χ0n) is 22.4. The largest absolute Gasteiger partial charge is 0.504 e. The van der Waals surface area contributed by atoms with Crippen LogP contribution in [0, 0.1) is 0 Å². The summed E-state index contributed by atoms with van der Waals surface area (Å²) in [5.74, 6) is -0.839. The second-order valence-electron chi connectivity index (χ2n) is 8.80. The van der Waals surface area contributed by atoms with Gasteiger partial charge in [-0.25, -0.2) is 20.8 Å². The lowest BCUT2D eigenvalue weighted by atomic mass is 10.1. The normalized spacial score (nSPS) is 11.3. The van der Waals surface area contributed by atoms with Gasteiger partial charge in [0, 0.05) is 21.9 Å². The van der Waals surface area contributed by atoms with Gasteiger partial charge in [0.1, 0.15) is 11.4 Å². The number of hydrogen-bond donors (Lipinski definition) is 4. The van der Waals surface area contributed by atoms with Crippen LogP contribution in [0.2, 0.25) is 0 Å². The molecule has 0 fully saturated rings. The zero-order chi connectivity index (χ0) is 29.6. The molecule has 12 nitrogen and oxygen atoms in total. The molecular weight excluding hydrogens is 540 g/mol. The number of rotatable bonds is 8. The topological polar surface area (TPSA) is 168 Å². The van der Waals surface area contributed by atoms with Gasteiger partial charge in [-0.15, -0.1) is 0 Å². The molecule has 0 atom stereocenters. The van der Waals surface area contributed by atoms with Crippen molar-refractivity contribution < 1.29 is 29.3 Å². The van der Waals surface area contributed by atoms with Crippen LogP contribution >= 0.6 is 0 Å². The van der Waals surface area contributed by atoms with Crippen LogP contribution < -0.4 is 20.3 Å². The highest BCUT2D eigenvalue weighted by Crippen LogP contribution is 2.29. The molecule has 12 heteroatoms. The fourth-order valence-corrected chi connectivity index (χ4v) is 4.07. The number of amides is 2. The number of aromatic nitrogens is 2. The van der Waals surface area contributed by atoms with Gasteiger partial charge in [0.25, 0.3) is 11.8 Å². The molecule has 2 heterocycles. The Labute approximate surface area is 239 Å². The van der Waals surface area contributed by atoms with Gasteiger partial charge in [-0.05, 0) is 36.4 Å². The number of fused-ring (bicyclic) bond motifs is 3. The van der Waals surface area contributed by atoms with E-state index in [1.807, 2.05) is 12.1 Å². The molecule has 0 unspecified atom stereocenters. The molecule has 0 aliphatic rings. The van der Waals surface area contributed by atoms with Crippen LogP contribution in [0.25, 0.3) is 21.8 Å². The Morgan fingerprint density at radius 3 is 1.48 bits per heavy atom. The van der Waals surface area contributed by atoms with Crippen molar-refractivity contribution in [3.8, 4) is 23.0 Å². The fraction of sp³-hybridized carbons (Fsp3) is 0.0667. The molecule has 0 radical (unpaired) electrons. The molecular formula is C30H24N6O6. The minimum Gasteiger partial charge on any atom is -0.504 e. The second kappa shape index (κ2) is 12.0. The molecule has 0 bridgehead atoms. The number of ether oxygens (including phenoxy) is 2. The van der Waals surface area contributed by atoms with E-state index in [0.29, 0.717) is 32.9 Å². The molecule has 4 N–H and O–H groups in total. The average molecular weight is 565 g/mol. The number of benzene rings is 3. The Morgan fingerprint density at radius 1 is 0.667 bits per heavy atom. The van der Waals surface area contributed by atoms with Crippen molar-refractivity contribution in [2.45, 2.75) is 0 Å². The number of hydrazone groups is 2. The number of phenols is 2. The minimum atomic E-state index is -0.587. The molecule has 5 aromatic rings. The van der Waals surface area contributed by atoms with Crippen molar-refractivity contribution in [3.63, 3.8) is 0 Å². The van der Waals surface area contributed by atoms with E-state index in [0.717, 1.165) is 0 Å². The van der Waals surface area contributed by atoms with Crippen LogP contribution in [0.5, 0.6) is 23.0 Å². The Balaban J connectivity index is 1.37. The average Bonchev–Trinajstić information content (AvgIpc) is 3.02. The first-order chi connectivity index (χ1) is 20.4. The summed E-state index contributed by atoms with van der Waals surface area (Å²) in [6, 6.07) is 20.0.